The number of hydrogen-bond acceptors (Lipinski definition) is 4. The van der Waals surface area contributed by atoms with Gasteiger partial charge >= 0.3 is 5.24 Å². The Kier molecular flexibility index (Phi) is 12.5. The Labute approximate surface area is 255 Å². The van der Waals surface area contributed by atoms with E-state index < -0.39 is 79.8 Å². The smallest absolute Gasteiger partial charge is 0.285 e. The van der Waals surface area contributed by atoms with Crippen LogP contribution in [0.4, 0.5) is 64.9 Å². The van der Waals surface area contributed by atoms with Gasteiger partial charge in [0.05, 0.1) is 0 Å². The Bertz CT molecular complexity index is 1330. The van der Waals surface area contributed by atoms with Crippen LogP contribution in [-0.2, 0) is 0 Å². The summed E-state index contributed by atoms with van der Waals surface area (Å²) < 4.78 is 134. The minimum Gasteiger partial charge on any atom is -0.285 e. The first-order valence-electron chi connectivity index (χ1n) is 13.3. The molecule has 44 heavy (non-hydrogen) atoms. The second-order valence-corrected chi connectivity index (χ2v) is 10.8. The number of nitrogens with one attached hydrogen (secondary N) is 2. The Balaban J connectivity index is 0.000000266. The lowest BCUT2D eigenvalue weighted by molar-refractivity contribution is 0.110. The summed E-state index contributed by atoms with van der Waals surface area (Å²) in [6, 6.07) is 0.859. The van der Waals surface area contributed by atoms with Gasteiger partial charge in [0.25, 0.3) is 5.24 Å². The van der Waals surface area contributed by atoms with Crippen molar-refractivity contribution >= 4 is 47.1 Å². The Morgan fingerprint density at radius 2 is 0.932 bits per heavy atom. The molecular weight excluding hydrogens is 654 g/mol. The van der Waals surface area contributed by atoms with Gasteiger partial charge in [-0.2, -0.15) is 0 Å². The van der Waals surface area contributed by atoms with E-state index in [1.54, 1.807) is 0 Å². The molecule has 0 heterocycles. The van der Waals surface area contributed by atoms with Gasteiger partial charge in [0, 0.05) is 12.1 Å². The van der Waals surface area contributed by atoms with Crippen LogP contribution in [0.2, 0.25) is 0 Å². The van der Waals surface area contributed by atoms with Crippen molar-refractivity contribution in [3.8, 4) is 0 Å². The zero-order chi connectivity index (χ0) is 32.9. The van der Waals surface area contributed by atoms with Crippen LogP contribution in [-0.4, -0.2) is 27.6 Å². The van der Waals surface area contributed by atoms with Gasteiger partial charge in [-0.15, -0.1) is 0 Å². The van der Waals surface area contributed by atoms with E-state index in [1.807, 2.05) is 5.01 Å². The highest BCUT2D eigenvalue weighted by molar-refractivity contribution is 7.97. The Hall–Kier alpha value is -2.86. The van der Waals surface area contributed by atoms with E-state index in [2.05, 4.69) is 30.7 Å². The predicted octanol–water partition coefficient (Wildman–Crippen LogP) is 8.47. The van der Waals surface area contributed by atoms with Crippen LogP contribution in [0.5, 0.6) is 0 Å². The maximum absolute atomic E-state index is 13.8. The van der Waals surface area contributed by atoms with E-state index in [9.17, 15) is 53.5 Å². The molecule has 244 valence electrons. The number of anilines is 2. The molecule has 2 fully saturated rings. The molecule has 2 saturated carbocycles. The highest BCUT2D eigenvalue weighted by Gasteiger charge is 2.34. The predicted molar refractivity (Wildman–Crippen MR) is 146 cm³/mol. The van der Waals surface area contributed by atoms with Crippen molar-refractivity contribution in [1.29, 1.82) is 0 Å². The van der Waals surface area contributed by atoms with Crippen molar-refractivity contribution in [2.24, 2.45) is 0 Å². The van der Waals surface area contributed by atoms with Crippen molar-refractivity contribution < 1.29 is 53.5 Å². The van der Waals surface area contributed by atoms with E-state index in [-0.39, 0.29) is 5.24 Å². The fourth-order valence-corrected chi connectivity index (χ4v) is 5.26. The standard InChI is InChI=1S/C13H2F10N2OS.C13H24N2OS/c14-1-3(16)7(20)11(8(21)4(1)17)24-25(13(26)27)12-9(22)5(18)2(15)6(19)10(12)23;16-13(17)15(12-9-5-2-6-10-12)14-11-7-3-1-4-8-11/h24H,(H,26,27);11-12,14H,1-10H2,(H,16,17). The van der Waals surface area contributed by atoms with Gasteiger partial charge in [-0.05, 0) is 25.7 Å². The van der Waals surface area contributed by atoms with E-state index >= 15 is 0 Å². The molecule has 0 spiro atoms. The van der Waals surface area contributed by atoms with Crippen molar-refractivity contribution in [3.63, 3.8) is 0 Å². The zero-order valence-electron chi connectivity index (χ0n) is 22.6. The monoisotopic (exact) mass is 680 g/mol. The van der Waals surface area contributed by atoms with Crippen LogP contribution in [0.3, 0.4) is 0 Å². The van der Waals surface area contributed by atoms with Crippen molar-refractivity contribution in [2.75, 3.05) is 10.4 Å². The number of carbonyl (C=O) groups is 2. The average molecular weight is 681 g/mol. The van der Waals surface area contributed by atoms with Crippen LogP contribution in [0.1, 0.15) is 64.2 Å². The summed E-state index contributed by atoms with van der Waals surface area (Å²) in [7, 11) is 0. The third-order valence-corrected chi connectivity index (χ3v) is 7.52. The van der Waals surface area contributed by atoms with E-state index in [0.29, 0.717) is 12.1 Å². The molecule has 0 radical (unpaired) electrons. The molecular formula is C26H26F10N4O2S2. The summed E-state index contributed by atoms with van der Waals surface area (Å²) in [5.74, 6) is -25.8. The number of nitrogens with zero attached hydrogens (tertiary/aromatic N) is 2. The third-order valence-electron chi connectivity index (χ3n) is 7.11. The quantitative estimate of drug-likeness (QED) is 0.0813. The minimum absolute atomic E-state index is 0.109. The van der Waals surface area contributed by atoms with E-state index in [1.165, 1.54) is 51.4 Å². The van der Waals surface area contributed by atoms with Crippen molar-refractivity contribution in [3.05, 3.63) is 58.2 Å². The molecule has 2 aromatic carbocycles. The Morgan fingerprint density at radius 1 is 0.545 bits per heavy atom. The first-order chi connectivity index (χ1) is 20.7. The van der Waals surface area contributed by atoms with Crippen LogP contribution in [0.15, 0.2) is 0 Å². The summed E-state index contributed by atoms with van der Waals surface area (Å²) in [6.07, 6.45) is 12.4. The lowest BCUT2D eigenvalue weighted by Crippen LogP contribution is -2.52. The molecule has 0 aromatic heterocycles. The molecule has 2 N–H and O–H groups in total. The summed E-state index contributed by atoms with van der Waals surface area (Å²) >= 11 is 7.04. The second-order valence-electron chi connectivity index (χ2n) is 10.0. The van der Waals surface area contributed by atoms with Crippen molar-refractivity contribution in [1.82, 2.24) is 10.4 Å². The van der Waals surface area contributed by atoms with E-state index in [0.717, 1.165) is 18.3 Å². The maximum atomic E-state index is 13.8. The van der Waals surface area contributed by atoms with Gasteiger partial charge in [0.2, 0.25) is 11.6 Å². The highest BCUT2D eigenvalue weighted by Crippen LogP contribution is 2.34. The van der Waals surface area contributed by atoms with Gasteiger partial charge in [-0.3, -0.25) is 20.0 Å². The van der Waals surface area contributed by atoms with Gasteiger partial charge in [-0.25, -0.2) is 54.3 Å². The molecule has 0 atom stereocenters. The number of amides is 2. The first kappa shape index (κ1) is 35.6. The topological polar surface area (TPSA) is 64.7 Å². The van der Waals surface area contributed by atoms with Crippen LogP contribution in [0, 0.1) is 58.2 Å². The van der Waals surface area contributed by atoms with Gasteiger partial charge in [0.15, 0.2) is 46.5 Å². The summed E-state index contributed by atoms with van der Waals surface area (Å²) in [4.78, 5) is 23.0. The maximum Gasteiger partial charge on any atom is 0.301 e. The molecule has 0 unspecified atom stereocenters. The fourth-order valence-electron chi connectivity index (χ4n) is 4.89. The van der Waals surface area contributed by atoms with E-state index in [4.69, 9.17) is 0 Å². The summed E-state index contributed by atoms with van der Waals surface area (Å²) in [5.41, 5.74) is 0.386. The minimum atomic E-state index is -2.64. The summed E-state index contributed by atoms with van der Waals surface area (Å²) in [5, 5.41) is -0.958. The number of halogens is 10. The Morgan fingerprint density at radius 3 is 1.34 bits per heavy atom. The number of hydrazine groups is 2. The average Bonchev–Trinajstić information content (AvgIpc) is 3.01. The van der Waals surface area contributed by atoms with Crippen LogP contribution < -0.4 is 15.9 Å². The normalized spacial score (nSPS) is 15.8. The largest absolute Gasteiger partial charge is 0.301 e. The molecule has 2 aliphatic rings. The summed E-state index contributed by atoms with van der Waals surface area (Å²) in [6.45, 7) is 0. The molecule has 4 rings (SSSR count). The number of thiol groups is 2. The molecule has 0 saturated heterocycles. The first-order valence-corrected chi connectivity index (χ1v) is 14.2. The number of hydrogen-bond donors (Lipinski definition) is 4. The lowest BCUT2D eigenvalue weighted by Gasteiger charge is -2.37. The second kappa shape index (κ2) is 15.4. The molecule has 2 amide bonds. The number of carbonyl (C=O) groups excluding carboxylic acids is 2. The number of rotatable bonds is 6. The van der Waals surface area contributed by atoms with Crippen molar-refractivity contribution in [2.45, 2.75) is 76.3 Å². The van der Waals surface area contributed by atoms with Gasteiger partial charge < -0.3 is 0 Å². The van der Waals surface area contributed by atoms with Gasteiger partial charge in [0.1, 0.15) is 11.4 Å². The molecule has 18 heteroatoms. The highest BCUT2D eigenvalue weighted by atomic mass is 32.1. The molecule has 0 aliphatic heterocycles. The SMILES string of the molecule is O=C(S)N(NC1CCCCC1)C1CCCCC1.O=C(S)N(Nc1c(F)c(F)c(F)c(F)c1F)c1c(F)c(F)c(F)c(F)c1F. The van der Waals surface area contributed by atoms with Crippen LogP contribution in [0.25, 0.3) is 0 Å². The molecule has 2 aliphatic carbocycles. The molecule has 6 nitrogen and oxygen atoms in total. The molecule has 2 aromatic rings. The lowest BCUT2D eigenvalue weighted by atomic mass is 9.94. The molecule has 0 bridgehead atoms. The van der Waals surface area contributed by atoms with Gasteiger partial charge in [-0.1, -0.05) is 63.8 Å². The number of benzene rings is 2. The third kappa shape index (κ3) is 7.85. The van der Waals surface area contributed by atoms with Crippen LogP contribution >= 0.6 is 25.3 Å². The fraction of sp³-hybridized carbons (Fsp3) is 0.462. The zero-order valence-corrected chi connectivity index (χ0v) is 24.4.